The molecule has 2 aromatic carbocycles. The van der Waals surface area contributed by atoms with Crippen LogP contribution in [0.4, 0.5) is 10.5 Å². The van der Waals surface area contributed by atoms with Crippen LogP contribution < -0.4 is 5.32 Å². The zero-order valence-electron chi connectivity index (χ0n) is 17.2. The predicted octanol–water partition coefficient (Wildman–Crippen LogP) is 3.44. The highest BCUT2D eigenvalue weighted by molar-refractivity contribution is 6.06. The number of aromatic amines is 1. The molecule has 0 spiro atoms. The fraction of sp³-hybridized carbons (Fsp3) is 0.348. The number of H-pyrrole nitrogens is 1. The number of rotatable bonds is 4. The number of ether oxygens (including phenoxy) is 1. The van der Waals surface area contributed by atoms with Crippen LogP contribution in [0.2, 0.25) is 0 Å². The topological polar surface area (TPSA) is 90.6 Å². The number of carbonyl (C=O) groups excluding carboxylic acids is 2. The van der Waals surface area contributed by atoms with Gasteiger partial charge in [0.25, 0.3) is 5.91 Å². The van der Waals surface area contributed by atoms with Crippen molar-refractivity contribution in [1.29, 1.82) is 0 Å². The first-order chi connectivity index (χ1) is 15.2. The molecule has 8 nitrogen and oxygen atoms in total. The average molecular weight is 419 g/mol. The van der Waals surface area contributed by atoms with Crippen molar-refractivity contribution in [3.05, 3.63) is 59.8 Å². The number of fused-ring (bicyclic) bond motifs is 5. The highest BCUT2D eigenvalue weighted by Crippen LogP contribution is 2.26. The largest absolute Gasteiger partial charge is 0.444 e. The van der Waals surface area contributed by atoms with Gasteiger partial charge in [-0.25, -0.2) is 4.79 Å². The van der Waals surface area contributed by atoms with Crippen molar-refractivity contribution < 1.29 is 14.3 Å². The summed E-state index contributed by atoms with van der Waals surface area (Å²) in [5.74, 6) is 0.485. The van der Waals surface area contributed by atoms with Gasteiger partial charge in [-0.1, -0.05) is 30.3 Å². The second-order valence-corrected chi connectivity index (χ2v) is 8.25. The lowest BCUT2D eigenvalue weighted by atomic mass is 9.98. The third-order valence-electron chi connectivity index (χ3n) is 6.07. The van der Waals surface area contributed by atoms with E-state index in [0.29, 0.717) is 29.4 Å². The maximum atomic E-state index is 13.2. The maximum Gasteiger partial charge on any atom is 0.411 e. The van der Waals surface area contributed by atoms with E-state index in [2.05, 4.69) is 20.4 Å². The number of nitrogens with one attached hydrogen (secondary N) is 2. The Morgan fingerprint density at radius 2 is 1.94 bits per heavy atom. The Kier molecular flexibility index (Phi) is 5.30. The minimum Gasteiger partial charge on any atom is -0.444 e. The molecule has 3 aliphatic rings. The van der Waals surface area contributed by atoms with Crippen molar-refractivity contribution in [3.8, 4) is 0 Å². The molecular formula is C23H25N5O3. The third-order valence-corrected chi connectivity index (χ3v) is 6.07. The Labute approximate surface area is 180 Å². The molecule has 2 bridgehead atoms. The Hall–Kier alpha value is -3.39. The average Bonchev–Trinajstić information content (AvgIpc) is 2.97. The van der Waals surface area contributed by atoms with E-state index in [-0.39, 0.29) is 12.5 Å². The Bertz CT molecular complexity index is 1080. The van der Waals surface area contributed by atoms with Gasteiger partial charge in [0, 0.05) is 30.7 Å². The van der Waals surface area contributed by atoms with E-state index in [1.165, 1.54) is 0 Å². The smallest absolute Gasteiger partial charge is 0.411 e. The summed E-state index contributed by atoms with van der Waals surface area (Å²) in [6.45, 7) is 3.71. The van der Waals surface area contributed by atoms with Gasteiger partial charge in [0.2, 0.25) is 0 Å². The van der Waals surface area contributed by atoms with Crippen LogP contribution in [0.25, 0.3) is 10.9 Å². The second kappa shape index (κ2) is 8.39. The van der Waals surface area contributed by atoms with E-state index in [0.717, 1.165) is 43.6 Å². The van der Waals surface area contributed by atoms with Crippen LogP contribution in [-0.2, 0) is 11.3 Å². The summed E-state index contributed by atoms with van der Waals surface area (Å²) in [7, 11) is 0. The molecule has 0 unspecified atom stereocenters. The van der Waals surface area contributed by atoms with Gasteiger partial charge >= 0.3 is 6.09 Å². The number of piperidine rings is 1. The fourth-order valence-electron chi connectivity index (χ4n) is 4.35. The number of hydrogen-bond acceptors (Lipinski definition) is 5. The number of hydrogen-bond donors (Lipinski definition) is 2. The van der Waals surface area contributed by atoms with Crippen molar-refractivity contribution in [2.45, 2.75) is 19.4 Å². The lowest BCUT2D eigenvalue weighted by Gasteiger charge is -2.25. The molecule has 0 saturated carbocycles. The molecule has 3 aliphatic heterocycles. The summed E-state index contributed by atoms with van der Waals surface area (Å²) < 4.78 is 5.29. The number of benzene rings is 2. The SMILES string of the molecule is O=C(Nc1ccc2[nH]nc(C(=O)N3CC4CCN(CC4)C3)c2c1)OCc1ccccc1. The van der Waals surface area contributed by atoms with Gasteiger partial charge in [0.05, 0.1) is 12.2 Å². The summed E-state index contributed by atoms with van der Waals surface area (Å²) >= 11 is 0. The van der Waals surface area contributed by atoms with Crippen molar-refractivity contribution in [2.75, 3.05) is 31.6 Å². The lowest BCUT2D eigenvalue weighted by Crippen LogP contribution is -2.39. The summed E-state index contributed by atoms with van der Waals surface area (Å²) in [6.07, 6.45) is 1.74. The molecule has 160 valence electrons. The van der Waals surface area contributed by atoms with Gasteiger partial charge in [0.1, 0.15) is 6.61 Å². The van der Waals surface area contributed by atoms with Gasteiger partial charge in [-0.2, -0.15) is 5.10 Å². The van der Waals surface area contributed by atoms with Crippen molar-refractivity contribution in [3.63, 3.8) is 0 Å². The fourth-order valence-corrected chi connectivity index (χ4v) is 4.35. The zero-order chi connectivity index (χ0) is 21.2. The minimum atomic E-state index is -0.545. The Morgan fingerprint density at radius 3 is 2.74 bits per heavy atom. The standard InChI is InChI=1S/C23H25N5O3/c29-22(28-13-16-8-10-27(15-28)11-9-16)21-19-12-18(6-7-20(19)25-26-21)24-23(30)31-14-17-4-2-1-3-5-17/h1-7,12,16H,8-11,13-15H2,(H,24,30)(H,25,26). The van der Waals surface area contributed by atoms with Crippen LogP contribution in [0.1, 0.15) is 28.9 Å². The number of anilines is 1. The summed E-state index contributed by atoms with van der Waals surface area (Å²) in [5, 5.41) is 10.7. The normalized spacial score (nSPS) is 20.5. The first-order valence-corrected chi connectivity index (χ1v) is 10.6. The van der Waals surface area contributed by atoms with Crippen LogP contribution >= 0.6 is 0 Å². The molecule has 2 amide bonds. The van der Waals surface area contributed by atoms with Gasteiger partial charge in [0.15, 0.2) is 5.69 Å². The lowest BCUT2D eigenvalue weighted by molar-refractivity contribution is 0.0681. The quantitative estimate of drug-likeness (QED) is 0.676. The molecule has 0 atom stereocenters. The molecule has 4 heterocycles. The molecule has 31 heavy (non-hydrogen) atoms. The number of amides is 2. The van der Waals surface area contributed by atoms with Crippen LogP contribution in [0.15, 0.2) is 48.5 Å². The van der Waals surface area contributed by atoms with Gasteiger partial charge in [-0.3, -0.25) is 20.1 Å². The van der Waals surface area contributed by atoms with Crippen molar-refractivity contribution in [2.24, 2.45) is 5.92 Å². The molecule has 3 saturated heterocycles. The third kappa shape index (κ3) is 4.25. The molecule has 2 N–H and O–H groups in total. The molecule has 0 aliphatic carbocycles. The molecule has 3 aromatic rings. The highest BCUT2D eigenvalue weighted by atomic mass is 16.5. The molecule has 1 aromatic heterocycles. The van der Waals surface area contributed by atoms with E-state index in [9.17, 15) is 9.59 Å². The van der Waals surface area contributed by atoms with Crippen LogP contribution in [0, 0.1) is 5.92 Å². The van der Waals surface area contributed by atoms with Gasteiger partial charge in [-0.05, 0) is 42.5 Å². The first-order valence-electron chi connectivity index (χ1n) is 10.6. The molecule has 0 radical (unpaired) electrons. The van der Waals surface area contributed by atoms with Crippen molar-refractivity contribution in [1.82, 2.24) is 20.0 Å². The van der Waals surface area contributed by atoms with E-state index >= 15 is 0 Å². The highest BCUT2D eigenvalue weighted by Gasteiger charge is 2.32. The monoisotopic (exact) mass is 419 g/mol. The zero-order valence-corrected chi connectivity index (χ0v) is 17.2. The van der Waals surface area contributed by atoms with Crippen LogP contribution in [0.3, 0.4) is 0 Å². The molecule has 8 heteroatoms. The summed E-state index contributed by atoms with van der Waals surface area (Å²) in [4.78, 5) is 29.7. The molecule has 6 rings (SSSR count). The minimum absolute atomic E-state index is 0.0751. The van der Waals surface area contributed by atoms with E-state index < -0.39 is 6.09 Å². The van der Waals surface area contributed by atoms with E-state index in [1.807, 2.05) is 41.3 Å². The Balaban J connectivity index is 1.30. The van der Waals surface area contributed by atoms with E-state index in [1.54, 1.807) is 12.1 Å². The van der Waals surface area contributed by atoms with Crippen LogP contribution in [0.5, 0.6) is 0 Å². The predicted molar refractivity (Wildman–Crippen MR) is 117 cm³/mol. The summed E-state index contributed by atoms with van der Waals surface area (Å²) in [6, 6.07) is 14.8. The number of carbonyl (C=O) groups is 2. The molecule has 3 fully saturated rings. The van der Waals surface area contributed by atoms with Gasteiger partial charge in [-0.15, -0.1) is 0 Å². The van der Waals surface area contributed by atoms with Gasteiger partial charge < -0.3 is 9.64 Å². The first kappa shape index (κ1) is 19.6. The maximum absolute atomic E-state index is 13.2. The number of aromatic nitrogens is 2. The van der Waals surface area contributed by atoms with Crippen LogP contribution in [-0.4, -0.2) is 58.3 Å². The van der Waals surface area contributed by atoms with Crippen molar-refractivity contribution >= 4 is 28.6 Å². The second-order valence-electron chi connectivity index (χ2n) is 8.25. The van der Waals surface area contributed by atoms with E-state index in [4.69, 9.17) is 4.74 Å². The Morgan fingerprint density at radius 1 is 1.13 bits per heavy atom. The summed E-state index contributed by atoms with van der Waals surface area (Å²) in [5.41, 5.74) is 2.61. The molecular weight excluding hydrogens is 394 g/mol. The number of nitrogens with zero attached hydrogens (tertiary/aromatic N) is 3.